The minimum atomic E-state index is 0.109. The molecule has 1 atom stereocenters. The summed E-state index contributed by atoms with van der Waals surface area (Å²) in [6.45, 7) is 3.23. The Bertz CT molecular complexity index is 521. The summed E-state index contributed by atoms with van der Waals surface area (Å²) in [6.07, 6.45) is 6.42. The molecule has 0 bridgehead atoms. The monoisotopic (exact) mass is 228 g/mol. The van der Waals surface area contributed by atoms with Crippen molar-refractivity contribution in [2.75, 3.05) is 0 Å². The number of nitrogens with two attached hydrogens (primary N) is 1. The third-order valence-corrected chi connectivity index (χ3v) is 4.02. The number of benzene rings is 1. The molecule has 1 aliphatic carbocycles. The second kappa shape index (κ2) is 4.19. The Balaban J connectivity index is 2.00. The first-order chi connectivity index (χ1) is 8.25. The minimum absolute atomic E-state index is 0.109. The lowest BCUT2D eigenvalue weighted by Gasteiger charge is -2.26. The van der Waals surface area contributed by atoms with E-state index in [0.29, 0.717) is 0 Å². The van der Waals surface area contributed by atoms with Gasteiger partial charge < -0.3 is 10.3 Å². The first-order valence-corrected chi connectivity index (χ1v) is 6.59. The third kappa shape index (κ3) is 1.87. The molecule has 17 heavy (non-hydrogen) atoms. The molecule has 2 heteroatoms. The van der Waals surface area contributed by atoms with Crippen molar-refractivity contribution in [1.29, 1.82) is 0 Å². The number of rotatable bonds is 3. The van der Waals surface area contributed by atoms with Crippen molar-refractivity contribution < 1.29 is 0 Å². The summed E-state index contributed by atoms with van der Waals surface area (Å²) in [5, 5.41) is 1.32. The van der Waals surface area contributed by atoms with Gasteiger partial charge in [0.25, 0.3) is 0 Å². The van der Waals surface area contributed by atoms with Gasteiger partial charge in [-0.3, -0.25) is 0 Å². The molecule has 0 amide bonds. The third-order valence-electron chi connectivity index (χ3n) is 4.02. The molecule has 2 nitrogen and oxygen atoms in total. The van der Waals surface area contributed by atoms with E-state index in [1.54, 1.807) is 0 Å². The van der Waals surface area contributed by atoms with Crippen LogP contribution in [0.5, 0.6) is 0 Å². The van der Waals surface area contributed by atoms with Crippen LogP contribution in [-0.4, -0.2) is 4.57 Å². The van der Waals surface area contributed by atoms with Crippen molar-refractivity contribution in [3.63, 3.8) is 0 Å². The van der Waals surface area contributed by atoms with E-state index in [4.69, 9.17) is 5.73 Å². The average molecular weight is 228 g/mol. The van der Waals surface area contributed by atoms with Crippen LogP contribution in [0.4, 0.5) is 0 Å². The summed E-state index contributed by atoms with van der Waals surface area (Å²) in [6, 6.07) is 8.80. The van der Waals surface area contributed by atoms with E-state index in [1.165, 1.54) is 42.3 Å². The van der Waals surface area contributed by atoms with Crippen molar-refractivity contribution in [2.24, 2.45) is 11.7 Å². The summed E-state index contributed by atoms with van der Waals surface area (Å²) >= 11 is 0. The molecule has 0 radical (unpaired) electrons. The number of nitrogens with zero attached hydrogens (tertiary/aromatic N) is 1. The van der Waals surface area contributed by atoms with E-state index in [-0.39, 0.29) is 6.04 Å². The Hall–Kier alpha value is -1.28. The van der Waals surface area contributed by atoms with Gasteiger partial charge in [-0.2, -0.15) is 0 Å². The number of aromatic nitrogens is 1. The first kappa shape index (κ1) is 10.8. The predicted molar refractivity (Wildman–Crippen MR) is 71.9 cm³/mol. The Labute approximate surface area is 102 Å². The van der Waals surface area contributed by atoms with Gasteiger partial charge in [0.15, 0.2) is 0 Å². The molecular weight excluding hydrogens is 208 g/mol. The standard InChI is InChI=1S/C15H20N2/c1-11(16)13-6-3-7-15-14(13)8-9-17(15)10-12-4-2-5-12/h3,6-9,11-12H,2,4-5,10,16H2,1H3. The molecule has 1 heterocycles. The highest BCUT2D eigenvalue weighted by molar-refractivity contribution is 5.84. The van der Waals surface area contributed by atoms with Gasteiger partial charge >= 0.3 is 0 Å². The Morgan fingerprint density at radius 3 is 2.82 bits per heavy atom. The summed E-state index contributed by atoms with van der Waals surface area (Å²) in [5.41, 5.74) is 8.62. The van der Waals surface area contributed by atoms with E-state index in [0.717, 1.165) is 5.92 Å². The van der Waals surface area contributed by atoms with Crippen LogP contribution in [0, 0.1) is 5.92 Å². The summed E-state index contributed by atoms with van der Waals surface area (Å²) in [5.74, 6) is 0.893. The molecule has 1 saturated carbocycles. The molecule has 0 spiro atoms. The number of hydrogen-bond donors (Lipinski definition) is 1. The topological polar surface area (TPSA) is 30.9 Å². The second-order valence-electron chi connectivity index (χ2n) is 5.33. The van der Waals surface area contributed by atoms with Crippen molar-refractivity contribution in [3.05, 3.63) is 36.0 Å². The molecule has 90 valence electrons. The molecule has 1 aromatic carbocycles. The normalized spacial score (nSPS) is 18.2. The van der Waals surface area contributed by atoms with Crippen LogP contribution in [0.3, 0.4) is 0 Å². The van der Waals surface area contributed by atoms with Crippen LogP contribution in [-0.2, 0) is 6.54 Å². The van der Waals surface area contributed by atoms with Gasteiger partial charge in [0, 0.05) is 29.7 Å². The molecule has 0 aliphatic heterocycles. The lowest BCUT2D eigenvalue weighted by molar-refractivity contribution is 0.280. The molecule has 2 N–H and O–H groups in total. The van der Waals surface area contributed by atoms with Crippen LogP contribution >= 0.6 is 0 Å². The van der Waals surface area contributed by atoms with Crippen LogP contribution in [0.15, 0.2) is 30.5 Å². The van der Waals surface area contributed by atoms with E-state index >= 15 is 0 Å². The Morgan fingerprint density at radius 2 is 2.18 bits per heavy atom. The van der Waals surface area contributed by atoms with Gasteiger partial charge in [0.1, 0.15) is 0 Å². The molecule has 1 unspecified atom stereocenters. The van der Waals surface area contributed by atoms with Crippen molar-refractivity contribution >= 4 is 10.9 Å². The lowest BCUT2D eigenvalue weighted by Crippen LogP contribution is -2.17. The fourth-order valence-corrected chi connectivity index (χ4v) is 2.76. The lowest BCUT2D eigenvalue weighted by atomic mass is 9.85. The molecule has 1 fully saturated rings. The van der Waals surface area contributed by atoms with E-state index < -0.39 is 0 Å². The van der Waals surface area contributed by atoms with Gasteiger partial charge in [-0.1, -0.05) is 18.6 Å². The van der Waals surface area contributed by atoms with Crippen LogP contribution in [0.2, 0.25) is 0 Å². The summed E-state index contributed by atoms with van der Waals surface area (Å²) < 4.78 is 2.39. The summed E-state index contributed by atoms with van der Waals surface area (Å²) in [7, 11) is 0. The van der Waals surface area contributed by atoms with Crippen molar-refractivity contribution in [1.82, 2.24) is 4.57 Å². The van der Waals surface area contributed by atoms with E-state index in [9.17, 15) is 0 Å². The fourth-order valence-electron chi connectivity index (χ4n) is 2.76. The Morgan fingerprint density at radius 1 is 1.35 bits per heavy atom. The van der Waals surface area contributed by atoms with Gasteiger partial charge in [-0.25, -0.2) is 0 Å². The zero-order valence-electron chi connectivity index (χ0n) is 10.4. The second-order valence-corrected chi connectivity index (χ2v) is 5.33. The molecule has 1 aromatic heterocycles. The zero-order chi connectivity index (χ0) is 11.8. The molecule has 3 rings (SSSR count). The highest BCUT2D eigenvalue weighted by Crippen LogP contribution is 2.30. The maximum Gasteiger partial charge on any atom is 0.0483 e. The molecule has 0 saturated heterocycles. The molecule has 1 aliphatic rings. The minimum Gasteiger partial charge on any atom is -0.347 e. The largest absolute Gasteiger partial charge is 0.347 e. The first-order valence-electron chi connectivity index (χ1n) is 6.59. The van der Waals surface area contributed by atoms with Crippen LogP contribution in [0.1, 0.15) is 37.8 Å². The average Bonchev–Trinajstić information content (AvgIpc) is 2.66. The van der Waals surface area contributed by atoms with Crippen molar-refractivity contribution in [3.8, 4) is 0 Å². The molecular formula is C15H20N2. The highest BCUT2D eigenvalue weighted by atomic mass is 15.0. The number of hydrogen-bond acceptors (Lipinski definition) is 1. The quantitative estimate of drug-likeness (QED) is 0.857. The maximum absolute atomic E-state index is 6.02. The highest BCUT2D eigenvalue weighted by Gasteiger charge is 2.18. The molecule has 2 aromatic rings. The number of fused-ring (bicyclic) bond motifs is 1. The predicted octanol–water partition coefficient (Wildman–Crippen LogP) is 3.46. The van der Waals surface area contributed by atoms with Gasteiger partial charge in [-0.15, -0.1) is 0 Å². The zero-order valence-corrected chi connectivity index (χ0v) is 10.4. The Kier molecular flexibility index (Phi) is 2.67. The maximum atomic E-state index is 6.02. The smallest absolute Gasteiger partial charge is 0.0483 e. The van der Waals surface area contributed by atoms with E-state index in [2.05, 4.69) is 42.0 Å². The van der Waals surface area contributed by atoms with E-state index in [1.807, 2.05) is 0 Å². The van der Waals surface area contributed by atoms with Gasteiger partial charge in [-0.05, 0) is 43.4 Å². The van der Waals surface area contributed by atoms with Crippen LogP contribution in [0.25, 0.3) is 10.9 Å². The van der Waals surface area contributed by atoms with Crippen LogP contribution < -0.4 is 5.73 Å². The van der Waals surface area contributed by atoms with Gasteiger partial charge in [0.2, 0.25) is 0 Å². The fraction of sp³-hybridized carbons (Fsp3) is 0.467. The van der Waals surface area contributed by atoms with Gasteiger partial charge in [0.05, 0.1) is 0 Å². The van der Waals surface area contributed by atoms with Crippen molar-refractivity contribution in [2.45, 2.75) is 38.8 Å². The summed E-state index contributed by atoms with van der Waals surface area (Å²) in [4.78, 5) is 0. The SMILES string of the molecule is CC(N)c1cccc2c1ccn2CC1CCC1.